The Balaban J connectivity index is 1.53. The molecule has 0 bridgehead atoms. The molecule has 8 heteroatoms. The fourth-order valence-electron chi connectivity index (χ4n) is 4.07. The van der Waals surface area contributed by atoms with Crippen molar-refractivity contribution < 1.29 is 9.90 Å². The standard InChI is InChI=1S/C23H22N6O2/c1-15-5-4-10-28(15)21-9-3-8-20(27-21)26-19-12-18(13-29-22(19)24-14-25-29)16-6-2-7-17(11-16)23(30)31/h2-3,6-9,11-15H,4-5,10H2,1H3,(H,26,27)(H,30,31). The lowest BCUT2D eigenvalue weighted by atomic mass is 10.0. The summed E-state index contributed by atoms with van der Waals surface area (Å²) in [7, 11) is 0. The van der Waals surface area contributed by atoms with Crippen LogP contribution < -0.4 is 10.2 Å². The maximum absolute atomic E-state index is 11.4. The molecule has 0 radical (unpaired) electrons. The van der Waals surface area contributed by atoms with Crippen LogP contribution in [0.3, 0.4) is 0 Å². The second-order valence-corrected chi connectivity index (χ2v) is 7.75. The topological polar surface area (TPSA) is 95.7 Å². The van der Waals surface area contributed by atoms with Crippen molar-refractivity contribution in [3.63, 3.8) is 0 Å². The van der Waals surface area contributed by atoms with Crippen molar-refractivity contribution in [2.45, 2.75) is 25.8 Å². The van der Waals surface area contributed by atoms with Crippen LogP contribution in [0.2, 0.25) is 0 Å². The molecule has 8 nitrogen and oxygen atoms in total. The molecule has 1 aromatic carbocycles. The highest BCUT2D eigenvalue weighted by atomic mass is 16.4. The largest absolute Gasteiger partial charge is 0.478 e. The summed E-state index contributed by atoms with van der Waals surface area (Å²) in [5.41, 5.74) is 3.26. The number of carboxylic acid groups (broad SMARTS) is 1. The van der Waals surface area contributed by atoms with E-state index in [1.54, 1.807) is 22.7 Å². The first-order valence-electron chi connectivity index (χ1n) is 10.3. The van der Waals surface area contributed by atoms with E-state index in [2.05, 4.69) is 27.2 Å². The summed E-state index contributed by atoms with van der Waals surface area (Å²) in [6.45, 7) is 3.24. The maximum Gasteiger partial charge on any atom is 0.335 e. The zero-order chi connectivity index (χ0) is 21.4. The molecule has 5 rings (SSSR count). The molecule has 0 spiro atoms. The normalized spacial score (nSPS) is 16.0. The van der Waals surface area contributed by atoms with Gasteiger partial charge in [-0.15, -0.1) is 0 Å². The number of pyridine rings is 2. The molecule has 1 saturated heterocycles. The quantitative estimate of drug-likeness (QED) is 0.505. The van der Waals surface area contributed by atoms with Gasteiger partial charge in [0.1, 0.15) is 18.0 Å². The van der Waals surface area contributed by atoms with E-state index in [1.807, 2.05) is 36.5 Å². The number of hydrogen-bond donors (Lipinski definition) is 2. The van der Waals surface area contributed by atoms with Crippen molar-refractivity contribution >= 4 is 28.9 Å². The van der Waals surface area contributed by atoms with Gasteiger partial charge in [0, 0.05) is 24.3 Å². The number of fused-ring (bicyclic) bond motifs is 1. The molecule has 1 fully saturated rings. The maximum atomic E-state index is 11.4. The van der Waals surface area contributed by atoms with Crippen LogP contribution in [0.15, 0.2) is 61.1 Å². The van der Waals surface area contributed by atoms with Crippen molar-refractivity contribution in [3.8, 4) is 11.1 Å². The van der Waals surface area contributed by atoms with Crippen molar-refractivity contribution in [1.29, 1.82) is 0 Å². The highest BCUT2D eigenvalue weighted by Crippen LogP contribution is 2.29. The minimum atomic E-state index is -0.959. The molecule has 1 aliphatic rings. The van der Waals surface area contributed by atoms with E-state index >= 15 is 0 Å². The second kappa shape index (κ2) is 7.71. The molecular formula is C23H22N6O2. The number of hydrogen-bond acceptors (Lipinski definition) is 6. The Kier molecular flexibility index (Phi) is 4.74. The SMILES string of the molecule is CC1CCCN1c1cccc(Nc2cc(-c3cccc(C(=O)O)c3)cn3ncnc23)n1. The molecule has 4 aromatic rings. The van der Waals surface area contributed by atoms with Gasteiger partial charge in [-0.05, 0) is 55.7 Å². The number of nitrogens with one attached hydrogen (secondary N) is 1. The first-order chi connectivity index (χ1) is 15.1. The van der Waals surface area contributed by atoms with Gasteiger partial charge in [-0.2, -0.15) is 5.10 Å². The van der Waals surface area contributed by atoms with Crippen LogP contribution >= 0.6 is 0 Å². The summed E-state index contributed by atoms with van der Waals surface area (Å²) in [5, 5.41) is 17.0. The molecule has 2 N–H and O–H groups in total. The number of carbonyl (C=O) groups is 1. The van der Waals surface area contributed by atoms with Crippen LogP contribution in [-0.2, 0) is 0 Å². The van der Waals surface area contributed by atoms with Gasteiger partial charge in [0.15, 0.2) is 5.65 Å². The Morgan fingerprint density at radius 2 is 2.03 bits per heavy atom. The third-order valence-corrected chi connectivity index (χ3v) is 5.66. The molecular weight excluding hydrogens is 392 g/mol. The number of aromatic nitrogens is 4. The van der Waals surface area contributed by atoms with Crippen LogP contribution in [-0.4, -0.2) is 43.2 Å². The molecule has 0 aliphatic carbocycles. The van der Waals surface area contributed by atoms with E-state index in [-0.39, 0.29) is 5.56 Å². The van der Waals surface area contributed by atoms with Crippen LogP contribution in [0, 0.1) is 0 Å². The van der Waals surface area contributed by atoms with Gasteiger partial charge in [-0.3, -0.25) is 0 Å². The molecule has 3 aromatic heterocycles. The summed E-state index contributed by atoms with van der Waals surface area (Å²) in [5.74, 6) is 0.718. The van der Waals surface area contributed by atoms with Gasteiger partial charge in [-0.25, -0.2) is 19.3 Å². The number of anilines is 3. The fraction of sp³-hybridized carbons (Fsp3) is 0.217. The lowest BCUT2D eigenvalue weighted by Crippen LogP contribution is -2.27. The Bertz CT molecular complexity index is 1270. The molecule has 0 saturated carbocycles. The number of aromatic carboxylic acids is 1. The van der Waals surface area contributed by atoms with E-state index in [0.717, 1.165) is 35.0 Å². The highest BCUT2D eigenvalue weighted by molar-refractivity contribution is 5.90. The summed E-state index contributed by atoms with van der Waals surface area (Å²) < 4.78 is 1.68. The molecule has 1 aliphatic heterocycles. The van der Waals surface area contributed by atoms with Gasteiger partial charge >= 0.3 is 5.97 Å². The smallest absolute Gasteiger partial charge is 0.335 e. The lowest BCUT2D eigenvalue weighted by molar-refractivity contribution is 0.0697. The predicted octanol–water partition coefficient (Wildman–Crippen LogP) is 4.22. The Morgan fingerprint density at radius 1 is 1.16 bits per heavy atom. The van der Waals surface area contributed by atoms with Gasteiger partial charge in [0.25, 0.3) is 0 Å². The van der Waals surface area contributed by atoms with Gasteiger partial charge in [-0.1, -0.05) is 18.2 Å². The third-order valence-electron chi connectivity index (χ3n) is 5.66. The summed E-state index contributed by atoms with van der Waals surface area (Å²) in [6, 6.07) is 15.2. The van der Waals surface area contributed by atoms with Crippen molar-refractivity contribution in [2.75, 3.05) is 16.8 Å². The Hall–Kier alpha value is -3.94. The minimum absolute atomic E-state index is 0.236. The predicted molar refractivity (Wildman–Crippen MR) is 119 cm³/mol. The fourth-order valence-corrected chi connectivity index (χ4v) is 4.07. The number of benzene rings is 1. The molecule has 1 atom stereocenters. The van der Waals surface area contributed by atoms with Gasteiger partial charge in [0.2, 0.25) is 0 Å². The monoisotopic (exact) mass is 414 g/mol. The zero-order valence-corrected chi connectivity index (χ0v) is 17.1. The Morgan fingerprint density at radius 3 is 2.84 bits per heavy atom. The van der Waals surface area contributed by atoms with E-state index in [4.69, 9.17) is 4.98 Å². The third kappa shape index (κ3) is 3.68. The van der Waals surface area contributed by atoms with E-state index in [9.17, 15) is 9.90 Å². The first-order valence-corrected chi connectivity index (χ1v) is 10.3. The minimum Gasteiger partial charge on any atom is -0.478 e. The van der Waals surface area contributed by atoms with E-state index in [0.29, 0.717) is 11.7 Å². The molecule has 156 valence electrons. The average molecular weight is 414 g/mol. The summed E-state index contributed by atoms with van der Waals surface area (Å²) in [4.78, 5) is 22.9. The molecule has 4 heterocycles. The number of rotatable bonds is 5. The summed E-state index contributed by atoms with van der Waals surface area (Å²) >= 11 is 0. The van der Waals surface area contributed by atoms with Crippen molar-refractivity contribution in [1.82, 2.24) is 19.6 Å². The van der Waals surface area contributed by atoms with Gasteiger partial charge in [0.05, 0.1) is 11.3 Å². The van der Waals surface area contributed by atoms with Crippen molar-refractivity contribution in [2.24, 2.45) is 0 Å². The second-order valence-electron chi connectivity index (χ2n) is 7.75. The highest BCUT2D eigenvalue weighted by Gasteiger charge is 2.21. The van der Waals surface area contributed by atoms with E-state index < -0.39 is 5.97 Å². The van der Waals surface area contributed by atoms with Crippen molar-refractivity contribution in [3.05, 3.63) is 66.6 Å². The van der Waals surface area contributed by atoms with E-state index in [1.165, 1.54) is 19.2 Å². The summed E-state index contributed by atoms with van der Waals surface area (Å²) in [6.07, 6.45) is 5.69. The average Bonchev–Trinajstić information content (AvgIpc) is 3.43. The van der Waals surface area contributed by atoms with Crippen LogP contribution in [0.25, 0.3) is 16.8 Å². The molecule has 31 heavy (non-hydrogen) atoms. The van der Waals surface area contributed by atoms with Crippen LogP contribution in [0.4, 0.5) is 17.3 Å². The first kappa shape index (κ1) is 19.0. The number of carboxylic acids is 1. The van der Waals surface area contributed by atoms with Crippen LogP contribution in [0.1, 0.15) is 30.1 Å². The van der Waals surface area contributed by atoms with Crippen LogP contribution in [0.5, 0.6) is 0 Å². The number of nitrogens with zero attached hydrogens (tertiary/aromatic N) is 5. The lowest BCUT2D eigenvalue weighted by Gasteiger charge is -2.23. The molecule has 1 unspecified atom stereocenters. The van der Waals surface area contributed by atoms with Gasteiger partial charge < -0.3 is 15.3 Å². The molecule has 0 amide bonds. The Labute approximate surface area is 179 Å². The zero-order valence-electron chi connectivity index (χ0n) is 17.1.